The number of thioether (sulfide) groups is 1. The fourth-order valence-corrected chi connectivity index (χ4v) is 2.17. The highest BCUT2D eigenvalue weighted by molar-refractivity contribution is 7.99. The Hall–Kier alpha value is 0.150. The Morgan fingerprint density at radius 3 is 2.43 bits per heavy atom. The van der Waals surface area contributed by atoms with Crippen LogP contribution < -0.4 is 0 Å². The second-order valence-corrected chi connectivity index (χ2v) is 4.29. The molecule has 0 aromatic carbocycles. The van der Waals surface area contributed by atoms with Crippen molar-refractivity contribution in [3.8, 4) is 0 Å². The molecule has 1 saturated heterocycles. The number of hydrogen-bond acceptors (Lipinski definition) is 6. The predicted octanol–water partition coefficient (Wildman–Crippen LogP) is -0.849. The molecule has 1 rings (SSSR count). The molecule has 1 aliphatic heterocycles. The quantitative estimate of drug-likeness (QED) is 0.542. The molecule has 14 heavy (non-hydrogen) atoms. The Labute approximate surface area is 87.0 Å². The summed E-state index contributed by atoms with van der Waals surface area (Å²) in [5.74, 6) is 0.372. The molecular weight excluding hydrogens is 208 g/mol. The van der Waals surface area contributed by atoms with Crippen molar-refractivity contribution < 1.29 is 24.8 Å². The molecule has 0 radical (unpaired) electrons. The van der Waals surface area contributed by atoms with Gasteiger partial charge in [-0.3, -0.25) is 0 Å². The zero-order valence-corrected chi connectivity index (χ0v) is 8.98. The molecule has 3 N–H and O–H groups in total. The van der Waals surface area contributed by atoms with E-state index >= 15 is 0 Å². The van der Waals surface area contributed by atoms with Gasteiger partial charge in [-0.25, -0.2) is 0 Å². The first-order valence-electron chi connectivity index (χ1n) is 4.38. The number of aliphatic hydroxyl groups excluding tert-OH is 3. The van der Waals surface area contributed by atoms with Gasteiger partial charge in [0.15, 0.2) is 0 Å². The Kier molecular flexibility index (Phi) is 4.62. The van der Waals surface area contributed by atoms with Crippen molar-refractivity contribution in [1.29, 1.82) is 0 Å². The first-order valence-corrected chi connectivity index (χ1v) is 5.43. The van der Waals surface area contributed by atoms with E-state index in [0.29, 0.717) is 5.94 Å². The van der Waals surface area contributed by atoms with E-state index in [1.807, 2.05) is 0 Å². The predicted molar refractivity (Wildman–Crippen MR) is 51.8 cm³/mol. The molecule has 0 aliphatic carbocycles. The lowest BCUT2D eigenvalue weighted by Gasteiger charge is -2.38. The largest absolute Gasteiger partial charge is 0.388 e. The topological polar surface area (TPSA) is 79.2 Å². The number of hydrogen-bond donors (Lipinski definition) is 3. The molecule has 5 nitrogen and oxygen atoms in total. The van der Waals surface area contributed by atoms with Gasteiger partial charge >= 0.3 is 0 Å². The van der Waals surface area contributed by atoms with Gasteiger partial charge in [-0.2, -0.15) is 0 Å². The molecule has 0 spiro atoms. The lowest BCUT2D eigenvalue weighted by atomic mass is 10.0. The summed E-state index contributed by atoms with van der Waals surface area (Å²) in [7, 11) is 1.54. The molecule has 1 aliphatic rings. The van der Waals surface area contributed by atoms with Crippen molar-refractivity contribution in [2.75, 3.05) is 13.0 Å². The van der Waals surface area contributed by atoms with Gasteiger partial charge in [-0.15, -0.1) is 0 Å². The van der Waals surface area contributed by atoms with Gasteiger partial charge in [0.25, 0.3) is 0 Å². The highest BCUT2D eigenvalue weighted by Gasteiger charge is 2.41. The molecule has 0 amide bonds. The number of methoxy groups -OCH3 is 1. The minimum absolute atomic E-state index is 0.372. The number of aliphatic hydroxyl groups is 3. The van der Waals surface area contributed by atoms with E-state index in [1.165, 1.54) is 18.9 Å². The standard InChI is InChI=1S/C8H16O5S/c1-4-5(9)6(10)7(11)8(13-4)14-3-12-2/h4-11H,3H2,1-2H3. The minimum Gasteiger partial charge on any atom is -0.388 e. The van der Waals surface area contributed by atoms with E-state index in [9.17, 15) is 15.3 Å². The third kappa shape index (κ3) is 2.59. The summed E-state index contributed by atoms with van der Waals surface area (Å²) in [4.78, 5) is 0. The van der Waals surface area contributed by atoms with Crippen molar-refractivity contribution in [2.45, 2.75) is 36.8 Å². The van der Waals surface area contributed by atoms with Crippen LogP contribution in [0.5, 0.6) is 0 Å². The molecule has 0 saturated carbocycles. The molecule has 1 heterocycles. The smallest absolute Gasteiger partial charge is 0.134 e. The first kappa shape index (κ1) is 12.2. The van der Waals surface area contributed by atoms with Crippen LogP contribution in [0.3, 0.4) is 0 Å². The van der Waals surface area contributed by atoms with E-state index in [-0.39, 0.29) is 0 Å². The highest BCUT2D eigenvalue weighted by atomic mass is 32.2. The van der Waals surface area contributed by atoms with E-state index in [2.05, 4.69) is 0 Å². The summed E-state index contributed by atoms with van der Waals surface area (Å²) in [6, 6.07) is 0. The van der Waals surface area contributed by atoms with Crippen LogP contribution in [-0.4, -0.2) is 58.2 Å². The van der Waals surface area contributed by atoms with E-state index < -0.39 is 29.9 Å². The SMILES string of the molecule is COCSC1OC(C)C(O)C(O)C1O. The van der Waals surface area contributed by atoms with Crippen LogP contribution in [0.15, 0.2) is 0 Å². The van der Waals surface area contributed by atoms with Gasteiger partial charge in [0.05, 0.1) is 12.0 Å². The monoisotopic (exact) mass is 224 g/mol. The summed E-state index contributed by atoms with van der Waals surface area (Å²) in [6.45, 7) is 1.65. The molecule has 5 atom stereocenters. The summed E-state index contributed by atoms with van der Waals surface area (Å²) in [6.07, 6.45) is -3.76. The van der Waals surface area contributed by atoms with Gasteiger partial charge in [0, 0.05) is 7.11 Å². The molecule has 6 heteroatoms. The van der Waals surface area contributed by atoms with Gasteiger partial charge in [0.2, 0.25) is 0 Å². The summed E-state index contributed by atoms with van der Waals surface area (Å²) >= 11 is 1.25. The van der Waals surface area contributed by atoms with Crippen molar-refractivity contribution in [3.05, 3.63) is 0 Å². The van der Waals surface area contributed by atoms with Crippen molar-refractivity contribution >= 4 is 11.8 Å². The second kappa shape index (κ2) is 5.29. The van der Waals surface area contributed by atoms with Crippen LogP contribution >= 0.6 is 11.8 Å². The Morgan fingerprint density at radius 2 is 1.86 bits per heavy atom. The van der Waals surface area contributed by atoms with Crippen LogP contribution in [0.4, 0.5) is 0 Å². The van der Waals surface area contributed by atoms with Crippen LogP contribution in [0.25, 0.3) is 0 Å². The maximum atomic E-state index is 9.54. The molecule has 1 fully saturated rings. The Balaban J connectivity index is 2.52. The maximum absolute atomic E-state index is 9.54. The van der Waals surface area contributed by atoms with Crippen LogP contribution in [0.1, 0.15) is 6.92 Å². The average molecular weight is 224 g/mol. The first-order chi connectivity index (χ1) is 6.57. The zero-order valence-electron chi connectivity index (χ0n) is 8.16. The maximum Gasteiger partial charge on any atom is 0.134 e. The van der Waals surface area contributed by atoms with E-state index in [4.69, 9.17) is 9.47 Å². The molecule has 0 aromatic rings. The zero-order chi connectivity index (χ0) is 10.7. The van der Waals surface area contributed by atoms with Gasteiger partial charge in [0.1, 0.15) is 23.7 Å². The summed E-state index contributed by atoms with van der Waals surface area (Å²) in [5, 5.41) is 28.4. The molecule has 84 valence electrons. The van der Waals surface area contributed by atoms with Gasteiger partial charge in [-0.1, -0.05) is 11.8 Å². The third-order valence-electron chi connectivity index (χ3n) is 2.16. The van der Waals surface area contributed by atoms with Crippen LogP contribution in [0.2, 0.25) is 0 Å². The van der Waals surface area contributed by atoms with Crippen LogP contribution in [-0.2, 0) is 9.47 Å². The summed E-state index contributed by atoms with van der Waals surface area (Å²) < 4.78 is 10.1. The lowest BCUT2D eigenvalue weighted by Crippen LogP contribution is -2.55. The minimum atomic E-state index is -1.16. The number of ether oxygens (including phenoxy) is 2. The van der Waals surface area contributed by atoms with Crippen molar-refractivity contribution in [1.82, 2.24) is 0 Å². The highest BCUT2D eigenvalue weighted by Crippen LogP contribution is 2.27. The average Bonchev–Trinajstić information content (AvgIpc) is 2.18. The molecule has 0 aromatic heterocycles. The fraction of sp³-hybridized carbons (Fsp3) is 1.00. The third-order valence-corrected chi connectivity index (χ3v) is 3.25. The van der Waals surface area contributed by atoms with E-state index in [1.54, 1.807) is 6.92 Å². The second-order valence-electron chi connectivity index (χ2n) is 3.25. The van der Waals surface area contributed by atoms with Crippen LogP contribution in [0, 0.1) is 0 Å². The van der Waals surface area contributed by atoms with Gasteiger partial charge in [-0.05, 0) is 6.92 Å². The van der Waals surface area contributed by atoms with E-state index in [0.717, 1.165) is 0 Å². The van der Waals surface area contributed by atoms with Gasteiger partial charge < -0.3 is 24.8 Å². The number of rotatable bonds is 3. The normalized spacial score (nSPS) is 43.9. The molecule has 5 unspecified atom stereocenters. The molecular formula is C8H16O5S. The lowest BCUT2D eigenvalue weighted by molar-refractivity contribution is -0.192. The fourth-order valence-electron chi connectivity index (χ4n) is 1.29. The summed E-state index contributed by atoms with van der Waals surface area (Å²) in [5.41, 5.74) is -0.552. The molecule has 0 bridgehead atoms. The van der Waals surface area contributed by atoms with Crippen molar-refractivity contribution in [3.63, 3.8) is 0 Å². The Bertz CT molecular complexity index is 179. The Morgan fingerprint density at radius 1 is 1.21 bits per heavy atom. The van der Waals surface area contributed by atoms with Crippen molar-refractivity contribution in [2.24, 2.45) is 0 Å².